The van der Waals surface area contributed by atoms with Crippen LogP contribution in [-0.4, -0.2) is 51.8 Å². The fourth-order valence-electron chi connectivity index (χ4n) is 10.0. The lowest BCUT2D eigenvalue weighted by Crippen LogP contribution is -2.53. The van der Waals surface area contributed by atoms with E-state index in [4.69, 9.17) is 9.73 Å². The minimum absolute atomic E-state index is 0.00973. The van der Waals surface area contributed by atoms with Crippen LogP contribution in [0.1, 0.15) is 85.0 Å². The summed E-state index contributed by atoms with van der Waals surface area (Å²) in [4.78, 5) is 41.8. The van der Waals surface area contributed by atoms with Crippen molar-refractivity contribution in [2.45, 2.75) is 81.3 Å². The zero-order chi connectivity index (χ0) is 37.4. The van der Waals surface area contributed by atoms with Crippen molar-refractivity contribution in [1.82, 2.24) is 20.2 Å². The monoisotopic (exact) mass is 737 g/mol. The number of H-pyrrole nitrogens is 1. The minimum atomic E-state index is -3.16. The van der Waals surface area contributed by atoms with Crippen LogP contribution in [0, 0.1) is 5.92 Å². The molecule has 5 aromatic rings. The smallest absolute Gasteiger partial charge is 0.407 e. The zero-order valence-electron chi connectivity index (χ0n) is 30.5. The number of imidazole rings is 1. The van der Waals surface area contributed by atoms with Gasteiger partial charge in [-0.25, -0.2) is 9.78 Å². The summed E-state index contributed by atoms with van der Waals surface area (Å²) in [5.74, 6) is -1.68. The second kappa shape index (κ2) is 13.0. The Hall–Kier alpha value is -5.64. The number of aromatic nitrogens is 2. The second-order valence-electron chi connectivity index (χ2n) is 15.8. The normalized spacial score (nSPS) is 22.3. The van der Waals surface area contributed by atoms with Crippen molar-refractivity contribution in [2.75, 3.05) is 7.11 Å². The van der Waals surface area contributed by atoms with Gasteiger partial charge in [0.05, 0.1) is 30.7 Å². The molecule has 4 atom stereocenters. The van der Waals surface area contributed by atoms with Crippen LogP contribution in [0.3, 0.4) is 0 Å². The van der Waals surface area contributed by atoms with Crippen molar-refractivity contribution < 1.29 is 23.1 Å². The number of piperidine rings is 1. The molecule has 8 nitrogen and oxygen atoms in total. The van der Waals surface area contributed by atoms with Crippen molar-refractivity contribution in [2.24, 2.45) is 10.9 Å². The van der Waals surface area contributed by atoms with Gasteiger partial charge < -0.3 is 19.9 Å². The van der Waals surface area contributed by atoms with Gasteiger partial charge in [-0.15, -0.1) is 0 Å². The maximum absolute atomic E-state index is 16.3. The number of aliphatic imine (C=N–C) groups is 1. The van der Waals surface area contributed by atoms with Crippen LogP contribution in [0.15, 0.2) is 96.1 Å². The summed E-state index contributed by atoms with van der Waals surface area (Å²) in [5, 5.41) is 2.77. The van der Waals surface area contributed by atoms with Crippen molar-refractivity contribution >= 4 is 23.4 Å². The Bertz CT molecular complexity index is 2380. The van der Waals surface area contributed by atoms with Crippen LogP contribution in [0.2, 0.25) is 0 Å². The highest BCUT2D eigenvalue weighted by Gasteiger charge is 2.52. The number of rotatable bonds is 7. The zero-order valence-corrected chi connectivity index (χ0v) is 30.5. The number of aromatic amines is 1. The van der Waals surface area contributed by atoms with E-state index in [9.17, 15) is 9.59 Å². The third-order valence-corrected chi connectivity index (χ3v) is 12.7. The third kappa shape index (κ3) is 5.59. The van der Waals surface area contributed by atoms with E-state index in [0.29, 0.717) is 40.2 Å². The number of methoxy groups -OCH3 is 1. The summed E-state index contributed by atoms with van der Waals surface area (Å²) in [7, 11) is 1.29. The van der Waals surface area contributed by atoms with E-state index in [1.54, 1.807) is 18.3 Å². The highest BCUT2D eigenvalue weighted by atomic mass is 19.3. The lowest BCUT2D eigenvalue weighted by Gasteiger charge is -2.37. The summed E-state index contributed by atoms with van der Waals surface area (Å²) >= 11 is 0. The van der Waals surface area contributed by atoms with Crippen molar-refractivity contribution in [3.63, 3.8) is 0 Å². The van der Waals surface area contributed by atoms with Crippen molar-refractivity contribution in [1.29, 1.82) is 0 Å². The molecule has 278 valence electrons. The Labute approximate surface area is 318 Å². The standard InChI is InChI=1S/C45H41F2N5O3/c1-55-44(54)51-40(25-7-3-2-4-8-25)43(53)52-32-15-11-30(20-32)41(52)38-23-31-19-27(14-18-37(31)49-38)28-12-16-33-34-17-13-29(22-36(34)45(46,47)35(33)21-28)39-24-48-42(50-39)26-9-5-6-10-26/h2-4,7-8,12-14,16-19,21-22,24,26,30,32,40-41H,5-6,9-11,15,20,23H2,1H3,(H,48,50)(H,51,54)/t30-,32-,40-,41+/m1/s1. The molecular formula is C45H41F2N5O3. The van der Waals surface area contributed by atoms with Crippen LogP contribution in [0.25, 0.3) is 33.5 Å². The number of hydrogen-bond acceptors (Lipinski definition) is 5. The molecule has 1 aromatic heterocycles. The second-order valence-corrected chi connectivity index (χ2v) is 15.8. The average Bonchev–Trinajstić information content (AvgIpc) is 4.08. The number of nitrogens with zero attached hydrogens (tertiary/aromatic N) is 3. The highest BCUT2D eigenvalue weighted by molar-refractivity contribution is 6.02. The number of hydrogen-bond donors (Lipinski definition) is 2. The van der Waals surface area contributed by atoms with Crippen LogP contribution < -0.4 is 5.32 Å². The van der Waals surface area contributed by atoms with Gasteiger partial charge in [-0.2, -0.15) is 8.78 Å². The van der Waals surface area contributed by atoms with Gasteiger partial charge in [0.2, 0.25) is 0 Å². The molecule has 3 fully saturated rings. The summed E-state index contributed by atoms with van der Waals surface area (Å²) in [6.45, 7) is 0. The average molecular weight is 738 g/mol. The van der Waals surface area contributed by atoms with E-state index in [2.05, 4.69) is 21.4 Å². The van der Waals surface area contributed by atoms with Gasteiger partial charge in [-0.05, 0) is 95.7 Å². The number of halogens is 2. The number of alkyl halides is 2. The lowest BCUT2D eigenvalue weighted by molar-refractivity contribution is -0.136. The maximum Gasteiger partial charge on any atom is 0.407 e. The first kappa shape index (κ1) is 33.9. The Morgan fingerprint density at radius 3 is 2.36 bits per heavy atom. The van der Waals surface area contributed by atoms with Gasteiger partial charge in [0.1, 0.15) is 11.9 Å². The first-order valence-corrected chi connectivity index (χ1v) is 19.4. The van der Waals surface area contributed by atoms with E-state index in [0.717, 1.165) is 66.1 Å². The minimum Gasteiger partial charge on any atom is -0.453 e. The first-order chi connectivity index (χ1) is 26.8. The maximum atomic E-state index is 16.3. The number of amides is 2. The summed E-state index contributed by atoms with van der Waals surface area (Å²) in [5.41, 5.74) is 7.63. The first-order valence-electron chi connectivity index (χ1n) is 19.4. The molecule has 0 radical (unpaired) electrons. The molecule has 2 saturated carbocycles. The van der Waals surface area contributed by atoms with E-state index in [1.165, 1.54) is 20.0 Å². The van der Waals surface area contributed by atoms with Gasteiger partial charge in [0.15, 0.2) is 0 Å². The van der Waals surface area contributed by atoms with Gasteiger partial charge >= 0.3 is 6.09 Å². The molecule has 10 rings (SSSR count). The number of likely N-dealkylation sites (tertiary alicyclic amines) is 1. The number of nitrogens with one attached hydrogen (secondary N) is 2. The molecule has 3 aliphatic carbocycles. The van der Waals surface area contributed by atoms with Gasteiger partial charge in [-0.3, -0.25) is 9.79 Å². The highest BCUT2D eigenvalue weighted by Crippen LogP contribution is 2.53. The quantitative estimate of drug-likeness (QED) is 0.174. The fourth-order valence-corrected chi connectivity index (χ4v) is 10.0. The molecule has 2 N–H and O–H groups in total. The largest absolute Gasteiger partial charge is 0.453 e. The molecule has 2 bridgehead atoms. The van der Waals surface area contributed by atoms with E-state index in [-0.39, 0.29) is 35.0 Å². The number of carbonyl (C=O) groups is 2. The molecular weight excluding hydrogens is 697 g/mol. The molecule has 5 aliphatic rings. The Balaban J connectivity index is 0.903. The van der Waals surface area contributed by atoms with Crippen LogP contribution in [0.4, 0.5) is 19.3 Å². The number of alkyl carbamates (subject to hydrolysis) is 1. The molecule has 2 aliphatic heterocycles. The summed E-state index contributed by atoms with van der Waals surface area (Å²) in [6.07, 6.45) is 9.10. The fraction of sp³-hybridized carbons (Fsp3) is 0.333. The molecule has 10 heteroatoms. The third-order valence-electron chi connectivity index (χ3n) is 12.7. The number of ether oxygens (including phenoxy) is 1. The van der Waals surface area contributed by atoms with E-state index in [1.807, 2.05) is 71.6 Å². The van der Waals surface area contributed by atoms with E-state index >= 15 is 8.78 Å². The van der Waals surface area contributed by atoms with E-state index < -0.39 is 18.1 Å². The summed E-state index contributed by atoms with van der Waals surface area (Å²) in [6, 6.07) is 24.9. The Kier molecular flexibility index (Phi) is 8.01. The lowest BCUT2D eigenvalue weighted by atomic mass is 9.90. The Morgan fingerprint density at radius 2 is 1.60 bits per heavy atom. The van der Waals surface area contributed by atoms with Crippen molar-refractivity contribution in [3.05, 3.63) is 119 Å². The molecule has 3 heterocycles. The molecule has 1 saturated heterocycles. The van der Waals surface area contributed by atoms with Gasteiger partial charge in [0.25, 0.3) is 11.8 Å². The van der Waals surface area contributed by atoms with Crippen LogP contribution >= 0.6 is 0 Å². The molecule has 0 unspecified atom stereocenters. The molecule has 0 spiro atoms. The Morgan fingerprint density at radius 1 is 0.891 bits per heavy atom. The SMILES string of the molecule is COC(=O)N[C@@H](C(=O)N1[C@@H]2CC[C@H](C2)[C@H]1C1=Nc2ccc(-c3ccc4c(c3)C(F)(F)c3cc(-c5cnc(C6CCCC6)[nH]5)ccc3-4)cc2C1)c1ccccc1. The van der Waals surface area contributed by atoms with Crippen LogP contribution in [0.5, 0.6) is 0 Å². The number of fused-ring (bicyclic) bond motifs is 6. The van der Waals surface area contributed by atoms with Crippen LogP contribution in [-0.2, 0) is 21.9 Å². The van der Waals surface area contributed by atoms with Gasteiger partial charge in [0, 0.05) is 40.8 Å². The summed E-state index contributed by atoms with van der Waals surface area (Å²) < 4.78 is 37.6. The molecule has 55 heavy (non-hydrogen) atoms. The predicted octanol–water partition coefficient (Wildman–Crippen LogP) is 9.63. The number of benzene rings is 4. The van der Waals surface area contributed by atoms with Crippen molar-refractivity contribution in [3.8, 4) is 33.5 Å². The number of carbonyl (C=O) groups excluding carboxylic acids is 2. The molecule has 4 aromatic carbocycles. The molecule has 2 amide bonds. The predicted molar refractivity (Wildman–Crippen MR) is 206 cm³/mol. The topological polar surface area (TPSA) is 99.7 Å². The van der Waals surface area contributed by atoms with Gasteiger partial charge in [-0.1, -0.05) is 73.5 Å².